The van der Waals surface area contributed by atoms with E-state index in [4.69, 9.17) is 17.3 Å². The summed E-state index contributed by atoms with van der Waals surface area (Å²) in [5.74, 6) is -0.119. The van der Waals surface area contributed by atoms with E-state index >= 15 is 0 Å². The first-order chi connectivity index (χ1) is 22.9. The van der Waals surface area contributed by atoms with Crippen molar-refractivity contribution in [2.45, 2.75) is 63.6 Å². The molecule has 4 heterocycles. The molecule has 3 aliphatic rings. The molecule has 3 N–H and O–H groups in total. The Labute approximate surface area is 283 Å². The van der Waals surface area contributed by atoms with Gasteiger partial charge < -0.3 is 25.4 Å². The number of H-pyrrole nitrogens is 1. The lowest BCUT2D eigenvalue weighted by atomic mass is 9.78. The number of fused-ring (bicyclic) bond motifs is 1. The van der Waals surface area contributed by atoms with E-state index in [1.807, 2.05) is 24.3 Å². The molecule has 9 nitrogen and oxygen atoms in total. The molecule has 0 aliphatic carbocycles. The summed E-state index contributed by atoms with van der Waals surface area (Å²) in [6, 6.07) is 9.72. The second-order valence-corrected chi connectivity index (χ2v) is 14.3. The second kappa shape index (κ2) is 14.2. The number of nitrogen functional groups attached to an aromatic ring is 1. The Kier molecular flexibility index (Phi) is 10.1. The standard InChI is InChI=1S/C35H44ClF3N6O3/c1-42-12-6-23(7-13-42)24-8-14-44(15-9-24)33(47)25(18-22-19-27(35(37,38)39)32(40)28(36)20-22)21-31(46)43-16-10-26(11-17-43)45-30-5-3-2-4-29(30)41-34(45)48/h2-5,19-20,23-26H,6-18,21,40H2,1H3,(H,41,48)/t25-/m0/s1. The van der Waals surface area contributed by atoms with Gasteiger partial charge >= 0.3 is 11.9 Å². The van der Waals surface area contributed by atoms with Crippen LogP contribution in [0, 0.1) is 17.8 Å². The van der Waals surface area contributed by atoms with Gasteiger partial charge in [-0.25, -0.2) is 4.79 Å². The third-order valence-electron chi connectivity index (χ3n) is 10.8. The summed E-state index contributed by atoms with van der Waals surface area (Å²) in [4.78, 5) is 49.3. The minimum Gasteiger partial charge on any atom is -0.397 e. The number of nitrogens with one attached hydrogen (secondary N) is 1. The van der Waals surface area contributed by atoms with Crippen LogP contribution in [0.2, 0.25) is 5.02 Å². The topological polar surface area (TPSA) is 108 Å². The number of nitrogens with zero attached hydrogens (tertiary/aromatic N) is 4. The van der Waals surface area contributed by atoms with Crippen LogP contribution in [-0.4, -0.2) is 82.4 Å². The Bertz CT molecular complexity index is 1680. The number of hydrogen-bond donors (Lipinski definition) is 2. The summed E-state index contributed by atoms with van der Waals surface area (Å²) in [5, 5.41) is -0.231. The fourth-order valence-corrected chi connectivity index (χ4v) is 8.30. The van der Waals surface area contributed by atoms with Crippen molar-refractivity contribution in [2.24, 2.45) is 17.8 Å². The molecule has 1 atom stereocenters. The van der Waals surface area contributed by atoms with Gasteiger partial charge in [0.15, 0.2) is 0 Å². The zero-order valence-electron chi connectivity index (χ0n) is 27.3. The molecule has 3 saturated heterocycles. The van der Waals surface area contributed by atoms with Gasteiger partial charge in [-0.05, 0) is 107 Å². The molecule has 0 unspecified atom stereocenters. The van der Waals surface area contributed by atoms with Gasteiger partial charge in [0.05, 0.1) is 33.2 Å². The molecular formula is C35H44ClF3N6O3. The summed E-state index contributed by atoms with van der Waals surface area (Å²) in [5.41, 5.74) is 5.68. The number of halogens is 4. The normalized spacial score (nSPS) is 20.0. The molecule has 0 radical (unpaired) electrons. The Morgan fingerprint density at radius 2 is 1.54 bits per heavy atom. The molecule has 0 saturated carbocycles. The van der Waals surface area contributed by atoms with Crippen LogP contribution in [0.3, 0.4) is 0 Å². The number of aromatic amines is 1. The monoisotopic (exact) mass is 688 g/mol. The first-order valence-corrected chi connectivity index (χ1v) is 17.4. The van der Waals surface area contributed by atoms with Crippen molar-refractivity contribution in [3.8, 4) is 0 Å². The predicted octanol–water partition coefficient (Wildman–Crippen LogP) is 5.58. The number of carbonyl (C=O) groups is 2. The number of nitrogens with two attached hydrogens (primary N) is 1. The molecule has 0 bridgehead atoms. The van der Waals surface area contributed by atoms with E-state index in [0.717, 1.165) is 55.9 Å². The summed E-state index contributed by atoms with van der Waals surface area (Å²) < 4.78 is 43.2. The van der Waals surface area contributed by atoms with Gasteiger partial charge in [0, 0.05) is 38.6 Å². The molecule has 2 amide bonds. The van der Waals surface area contributed by atoms with Gasteiger partial charge in [0.25, 0.3) is 0 Å². The molecule has 3 aliphatic heterocycles. The maximum absolute atomic E-state index is 14.1. The number of likely N-dealkylation sites (tertiary alicyclic amines) is 3. The van der Waals surface area contributed by atoms with Gasteiger partial charge in [-0.2, -0.15) is 13.2 Å². The van der Waals surface area contributed by atoms with Gasteiger partial charge in [-0.3, -0.25) is 14.2 Å². The Balaban J connectivity index is 1.16. The van der Waals surface area contributed by atoms with Crippen molar-refractivity contribution in [1.29, 1.82) is 0 Å². The maximum Gasteiger partial charge on any atom is 0.418 e. The molecule has 2 aromatic carbocycles. The number of benzene rings is 2. The van der Waals surface area contributed by atoms with Crippen LogP contribution in [0.4, 0.5) is 18.9 Å². The van der Waals surface area contributed by atoms with E-state index in [2.05, 4.69) is 16.9 Å². The smallest absolute Gasteiger partial charge is 0.397 e. The van der Waals surface area contributed by atoms with E-state index in [0.29, 0.717) is 50.9 Å². The largest absolute Gasteiger partial charge is 0.418 e. The lowest BCUT2D eigenvalue weighted by Gasteiger charge is -2.40. The van der Waals surface area contributed by atoms with E-state index in [1.165, 1.54) is 6.07 Å². The van der Waals surface area contributed by atoms with E-state index in [-0.39, 0.29) is 47.0 Å². The molecule has 1 aromatic heterocycles. The molecule has 48 heavy (non-hydrogen) atoms. The molecule has 3 aromatic rings. The van der Waals surface area contributed by atoms with Gasteiger partial charge in [-0.15, -0.1) is 0 Å². The van der Waals surface area contributed by atoms with Crippen LogP contribution in [-0.2, 0) is 22.2 Å². The Hall–Kier alpha value is -3.51. The SMILES string of the molecule is CN1CCC(C2CCN(C(=O)[C@H](CC(=O)N3CCC(n4c(=O)[nH]c5ccccc54)CC3)Cc3cc(Cl)c(N)c(C(F)(F)F)c3)CC2)CC1. The van der Waals surface area contributed by atoms with Crippen molar-refractivity contribution in [3.05, 3.63) is 63.0 Å². The summed E-state index contributed by atoms with van der Waals surface area (Å²) in [6.07, 6.45) is 0.290. The van der Waals surface area contributed by atoms with Crippen LogP contribution in [0.5, 0.6) is 0 Å². The summed E-state index contributed by atoms with van der Waals surface area (Å²) in [7, 11) is 2.14. The first kappa shape index (κ1) is 34.4. The van der Waals surface area contributed by atoms with E-state index in [1.54, 1.807) is 14.4 Å². The number of alkyl halides is 3. The Morgan fingerprint density at radius 3 is 2.19 bits per heavy atom. The van der Waals surface area contributed by atoms with Crippen molar-refractivity contribution in [1.82, 2.24) is 24.3 Å². The fourth-order valence-electron chi connectivity index (χ4n) is 8.06. The van der Waals surface area contributed by atoms with Crippen LogP contribution < -0.4 is 11.4 Å². The highest BCUT2D eigenvalue weighted by molar-refractivity contribution is 6.33. The first-order valence-electron chi connectivity index (χ1n) is 17.0. The number of imidazole rings is 1. The molecule has 3 fully saturated rings. The van der Waals surface area contributed by atoms with Crippen LogP contribution in [0.15, 0.2) is 41.2 Å². The van der Waals surface area contributed by atoms with E-state index in [9.17, 15) is 27.6 Å². The fraction of sp³-hybridized carbons (Fsp3) is 0.571. The molecule has 6 rings (SSSR count). The number of amides is 2. The summed E-state index contributed by atoms with van der Waals surface area (Å²) >= 11 is 6.14. The zero-order valence-corrected chi connectivity index (χ0v) is 28.0. The third-order valence-corrected chi connectivity index (χ3v) is 11.1. The van der Waals surface area contributed by atoms with Gasteiger partial charge in [-0.1, -0.05) is 23.7 Å². The van der Waals surface area contributed by atoms with Crippen molar-refractivity contribution in [3.63, 3.8) is 0 Å². The number of aromatic nitrogens is 2. The van der Waals surface area contributed by atoms with Gasteiger partial charge in [0.2, 0.25) is 11.8 Å². The molecular weight excluding hydrogens is 645 g/mol. The third kappa shape index (κ3) is 7.39. The van der Waals surface area contributed by atoms with Crippen LogP contribution >= 0.6 is 11.6 Å². The van der Waals surface area contributed by atoms with Crippen molar-refractivity contribution in [2.75, 3.05) is 52.0 Å². The van der Waals surface area contributed by atoms with Crippen LogP contribution in [0.1, 0.15) is 62.1 Å². The summed E-state index contributed by atoms with van der Waals surface area (Å²) in [6.45, 7) is 4.11. The van der Waals surface area contributed by atoms with E-state index < -0.39 is 23.3 Å². The average Bonchev–Trinajstić information content (AvgIpc) is 3.41. The van der Waals surface area contributed by atoms with Crippen molar-refractivity contribution < 1.29 is 22.8 Å². The minimum absolute atomic E-state index is 0.0657. The number of hydrogen-bond acceptors (Lipinski definition) is 5. The molecule has 260 valence electrons. The molecule has 0 spiro atoms. The maximum atomic E-state index is 14.1. The number of anilines is 1. The molecule has 13 heteroatoms. The Morgan fingerprint density at radius 1 is 0.938 bits per heavy atom. The number of piperidine rings is 3. The number of rotatable bonds is 7. The highest BCUT2D eigenvalue weighted by Gasteiger charge is 2.37. The number of carbonyl (C=O) groups excluding carboxylic acids is 2. The lowest BCUT2D eigenvalue weighted by Crippen LogP contribution is -2.46. The highest BCUT2D eigenvalue weighted by atomic mass is 35.5. The predicted molar refractivity (Wildman–Crippen MR) is 180 cm³/mol. The highest BCUT2D eigenvalue weighted by Crippen LogP contribution is 2.39. The van der Waals surface area contributed by atoms with Crippen LogP contribution in [0.25, 0.3) is 11.0 Å². The van der Waals surface area contributed by atoms with Crippen molar-refractivity contribution >= 4 is 40.1 Å². The number of para-hydroxylation sites is 2. The second-order valence-electron chi connectivity index (χ2n) is 13.9. The lowest BCUT2D eigenvalue weighted by molar-refractivity contribution is -0.143. The average molecular weight is 689 g/mol. The minimum atomic E-state index is -4.72. The van der Waals surface area contributed by atoms with Gasteiger partial charge in [0.1, 0.15) is 0 Å². The zero-order chi connectivity index (χ0) is 34.2. The quantitative estimate of drug-likeness (QED) is 0.316.